The molecular formula is C17H18N2O2. The summed E-state index contributed by atoms with van der Waals surface area (Å²) in [5.41, 5.74) is 4.52. The van der Waals surface area contributed by atoms with E-state index in [-0.39, 0.29) is 11.9 Å². The van der Waals surface area contributed by atoms with Crippen LogP contribution in [0.1, 0.15) is 42.5 Å². The van der Waals surface area contributed by atoms with Gasteiger partial charge in [0.25, 0.3) is 0 Å². The van der Waals surface area contributed by atoms with E-state index in [1.165, 1.54) is 24.0 Å². The summed E-state index contributed by atoms with van der Waals surface area (Å²) >= 11 is 0. The average Bonchev–Trinajstić information content (AvgIpc) is 3.24. The molecule has 0 bridgehead atoms. The Hall–Kier alpha value is -1.97. The van der Waals surface area contributed by atoms with Crippen LogP contribution in [0.4, 0.5) is 0 Å². The quantitative estimate of drug-likeness (QED) is 0.812. The van der Waals surface area contributed by atoms with E-state index in [1.54, 1.807) is 0 Å². The topological polar surface area (TPSA) is 52.1 Å². The SMILES string of the molecule is CCOC(=O)C1Cc2cc3cc(C4CC4)nnc3cc2C1. The van der Waals surface area contributed by atoms with Gasteiger partial charge in [0.15, 0.2) is 0 Å². The molecule has 2 aliphatic rings. The van der Waals surface area contributed by atoms with Crippen LogP contribution < -0.4 is 0 Å². The number of nitrogens with zero attached hydrogens (tertiary/aromatic N) is 2. The van der Waals surface area contributed by atoms with Crippen LogP contribution >= 0.6 is 0 Å². The zero-order chi connectivity index (χ0) is 14.4. The maximum absolute atomic E-state index is 11.9. The minimum Gasteiger partial charge on any atom is -0.466 e. The molecule has 1 heterocycles. The van der Waals surface area contributed by atoms with Gasteiger partial charge in [0.1, 0.15) is 0 Å². The third-order valence-electron chi connectivity index (χ3n) is 4.47. The van der Waals surface area contributed by atoms with Crippen molar-refractivity contribution in [1.29, 1.82) is 0 Å². The fraction of sp³-hybridized carbons (Fsp3) is 0.471. The van der Waals surface area contributed by atoms with Gasteiger partial charge in [-0.25, -0.2) is 0 Å². The van der Waals surface area contributed by atoms with Crippen molar-refractivity contribution in [3.63, 3.8) is 0 Å². The van der Waals surface area contributed by atoms with Crippen LogP contribution in [0.3, 0.4) is 0 Å². The second-order valence-corrected chi connectivity index (χ2v) is 6.08. The molecule has 0 radical (unpaired) electrons. The Morgan fingerprint density at radius 2 is 1.95 bits per heavy atom. The Bertz CT molecular complexity index is 722. The van der Waals surface area contributed by atoms with Gasteiger partial charge in [-0.1, -0.05) is 0 Å². The van der Waals surface area contributed by atoms with Gasteiger partial charge in [-0.2, -0.15) is 10.2 Å². The molecule has 1 fully saturated rings. The van der Waals surface area contributed by atoms with Crippen molar-refractivity contribution < 1.29 is 9.53 Å². The summed E-state index contributed by atoms with van der Waals surface area (Å²) in [5, 5.41) is 9.84. The molecule has 1 unspecified atom stereocenters. The molecule has 2 aliphatic carbocycles. The first-order valence-electron chi connectivity index (χ1n) is 7.70. The molecule has 0 saturated heterocycles. The van der Waals surface area contributed by atoms with Crippen molar-refractivity contribution in [2.45, 2.75) is 38.5 Å². The second kappa shape index (κ2) is 4.79. The first-order valence-corrected chi connectivity index (χ1v) is 7.70. The first kappa shape index (κ1) is 12.7. The van der Waals surface area contributed by atoms with Crippen LogP contribution in [-0.2, 0) is 22.4 Å². The van der Waals surface area contributed by atoms with Crippen LogP contribution in [0.2, 0.25) is 0 Å². The number of ether oxygens (including phenoxy) is 1. The van der Waals surface area contributed by atoms with Crippen LogP contribution in [0.25, 0.3) is 10.9 Å². The van der Waals surface area contributed by atoms with Crippen molar-refractivity contribution >= 4 is 16.9 Å². The minimum absolute atomic E-state index is 0.0346. The fourth-order valence-electron chi connectivity index (χ4n) is 3.19. The lowest BCUT2D eigenvalue weighted by Gasteiger charge is -2.06. The van der Waals surface area contributed by atoms with Gasteiger partial charge in [0, 0.05) is 11.3 Å². The molecule has 0 spiro atoms. The van der Waals surface area contributed by atoms with Crippen molar-refractivity contribution in [1.82, 2.24) is 10.2 Å². The standard InChI is InChI=1S/C17H18N2O2/c1-2-21-17(20)14-6-11-5-13-9-15(10-3-4-10)18-19-16(13)8-12(11)7-14/h5,8-10,14H,2-4,6-7H2,1H3. The molecule has 1 saturated carbocycles. The third kappa shape index (κ3) is 2.28. The predicted molar refractivity (Wildman–Crippen MR) is 79.0 cm³/mol. The Morgan fingerprint density at radius 1 is 1.19 bits per heavy atom. The van der Waals surface area contributed by atoms with Gasteiger partial charge in [-0.15, -0.1) is 0 Å². The maximum Gasteiger partial charge on any atom is 0.309 e. The molecule has 4 rings (SSSR count). The predicted octanol–water partition coefficient (Wildman–Crippen LogP) is 2.79. The summed E-state index contributed by atoms with van der Waals surface area (Å²) in [5.74, 6) is 0.498. The fourth-order valence-corrected chi connectivity index (χ4v) is 3.19. The molecule has 21 heavy (non-hydrogen) atoms. The molecule has 1 atom stereocenters. The lowest BCUT2D eigenvalue weighted by atomic mass is 10.1. The number of carbonyl (C=O) groups is 1. The summed E-state index contributed by atoms with van der Waals surface area (Å²) in [6.45, 7) is 2.30. The zero-order valence-electron chi connectivity index (χ0n) is 12.1. The molecule has 108 valence electrons. The van der Waals surface area contributed by atoms with Crippen molar-refractivity contribution in [3.05, 3.63) is 35.0 Å². The smallest absolute Gasteiger partial charge is 0.309 e. The lowest BCUT2D eigenvalue weighted by molar-refractivity contribution is -0.147. The number of fused-ring (bicyclic) bond motifs is 2. The van der Waals surface area contributed by atoms with Gasteiger partial charge in [-0.05, 0) is 61.9 Å². The number of hydrogen-bond acceptors (Lipinski definition) is 4. The normalized spacial score (nSPS) is 20.5. The van der Waals surface area contributed by atoms with Crippen LogP contribution in [-0.4, -0.2) is 22.8 Å². The number of aromatic nitrogens is 2. The summed E-state index contributed by atoms with van der Waals surface area (Å²) in [7, 11) is 0. The van der Waals surface area contributed by atoms with Crippen LogP contribution in [0.5, 0.6) is 0 Å². The number of benzene rings is 1. The first-order chi connectivity index (χ1) is 10.2. The Morgan fingerprint density at radius 3 is 2.67 bits per heavy atom. The van der Waals surface area contributed by atoms with E-state index in [1.807, 2.05) is 6.92 Å². The van der Waals surface area contributed by atoms with E-state index in [0.717, 1.165) is 29.4 Å². The zero-order valence-corrected chi connectivity index (χ0v) is 12.1. The number of esters is 1. The average molecular weight is 282 g/mol. The monoisotopic (exact) mass is 282 g/mol. The highest BCUT2D eigenvalue weighted by Gasteiger charge is 2.30. The van der Waals surface area contributed by atoms with E-state index in [2.05, 4.69) is 28.4 Å². The Labute approximate surface area is 123 Å². The maximum atomic E-state index is 11.9. The summed E-state index contributed by atoms with van der Waals surface area (Å²) in [6.07, 6.45) is 4.01. The van der Waals surface area contributed by atoms with Gasteiger partial charge in [0.05, 0.1) is 23.7 Å². The molecule has 0 aliphatic heterocycles. The molecular weight excluding hydrogens is 264 g/mol. The van der Waals surface area contributed by atoms with E-state index < -0.39 is 0 Å². The number of carbonyl (C=O) groups excluding carboxylic acids is 1. The summed E-state index contributed by atoms with van der Waals surface area (Å²) < 4.78 is 5.15. The highest BCUT2D eigenvalue weighted by Crippen LogP contribution is 2.40. The Balaban J connectivity index is 1.66. The molecule has 1 aromatic heterocycles. The number of hydrogen-bond donors (Lipinski definition) is 0. The molecule has 0 N–H and O–H groups in total. The van der Waals surface area contributed by atoms with Gasteiger partial charge in [0.2, 0.25) is 0 Å². The van der Waals surface area contributed by atoms with Gasteiger partial charge >= 0.3 is 5.97 Å². The van der Waals surface area contributed by atoms with E-state index >= 15 is 0 Å². The lowest BCUT2D eigenvalue weighted by Crippen LogP contribution is -2.17. The van der Waals surface area contributed by atoms with Crippen LogP contribution in [0.15, 0.2) is 18.2 Å². The van der Waals surface area contributed by atoms with E-state index in [4.69, 9.17) is 4.74 Å². The Kier molecular flexibility index (Phi) is 2.91. The highest BCUT2D eigenvalue weighted by atomic mass is 16.5. The molecule has 4 heteroatoms. The van der Waals surface area contributed by atoms with Crippen molar-refractivity contribution in [3.8, 4) is 0 Å². The second-order valence-electron chi connectivity index (χ2n) is 6.08. The summed E-state index contributed by atoms with van der Waals surface area (Å²) in [6, 6.07) is 6.44. The van der Waals surface area contributed by atoms with Gasteiger partial charge in [-0.3, -0.25) is 4.79 Å². The molecule has 0 amide bonds. The van der Waals surface area contributed by atoms with Crippen molar-refractivity contribution in [2.24, 2.45) is 5.92 Å². The number of rotatable bonds is 3. The highest BCUT2D eigenvalue weighted by molar-refractivity contribution is 5.82. The van der Waals surface area contributed by atoms with Gasteiger partial charge < -0.3 is 4.74 Å². The molecule has 2 aromatic rings. The molecule has 4 nitrogen and oxygen atoms in total. The van der Waals surface area contributed by atoms with Crippen LogP contribution in [0, 0.1) is 5.92 Å². The third-order valence-corrected chi connectivity index (χ3v) is 4.47. The largest absolute Gasteiger partial charge is 0.466 e. The molecule has 1 aromatic carbocycles. The summed E-state index contributed by atoms with van der Waals surface area (Å²) in [4.78, 5) is 11.9. The van der Waals surface area contributed by atoms with E-state index in [0.29, 0.717) is 12.5 Å². The van der Waals surface area contributed by atoms with E-state index in [9.17, 15) is 4.79 Å². The minimum atomic E-state index is -0.0810. The van der Waals surface area contributed by atoms with Crippen molar-refractivity contribution in [2.75, 3.05) is 6.61 Å².